The molecular formula is C22H25N3O4. The number of pyridine rings is 1. The van der Waals surface area contributed by atoms with Crippen molar-refractivity contribution in [2.45, 2.75) is 39.3 Å². The highest BCUT2D eigenvalue weighted by molar-refractivity contribution is 5.93. The predicted molar refractivity (Wildman–Crippen MR) is 109 cm³/mol. The molecule has 0 unspecified atom stereocenters. The Morgan fingerprint density at radius 3 is 2.55 bits per heavy atom. The highest BCUT2D eigenvalue weighted by Gasteiger charge is 2.22. The second-order valence-electron chi connectivity index (χ2n) is 7.14. The number of hydrogen-bond donors (Lipinski definition) is 1. The number of imidazole rings is 1. The summed E-state index contributed by atoms with van der Waals surface area (Å²) in [5.41, 5.74) is 2.81. The molecule has 29 heavy (non-hydrogen) atoms. The highest BCUT2D eigenvalue weighted by atomic mass is 16.5. The van der Waals surface area contributed by atoms with Gasteiger partial charge in [-0.1, -0.05) is 12.1 Å². The van der Waals surface area contributed by atoms with Crippen molar-refractivity contribution in [1.82, 2.24) is 14.7 Å². The van der Waals surface area contributed by atoms with Crippen LogP contribution in [-0.2, 0) is 9.53 Å². The molecule has 7 heteroatoms. The Kier molecular flexibility index (Phi) is 6.16. The van der Waals surface area contributed by atoms with E-state index in [0.29, 0.717) is 11.4 Å². The molecule has 0 aliphatic heterocycles. The average Bonchev–Trinajstić information content (AvgIpc) is 3.10. The van der Waals surface area contributed by atoms with Crippen LogP contribution in [0.2, 0.25) is 0 Å². The lowest BCUT2D eigenvalue weighted by molar-refractivity contribution is -0.147. The molecule has 2 aromatic heterocycles. The Labute approximate surface area is 169 Å². The van der Waals surface area contributed by atoms with Gasteiger partial charge < -0.3 is 19.2 Å². The fraction of sp³-hybridized carbons (Fsp3) is 0.318. The van der Waals surface area contributed by atoms with E-state index in [1.165, 1.54) is 0 Å². The van der Waals surface area contributed by atoms with Gasteiger partial charge in [-0.2, -0.15) is 0 Å². The first-order valence-corrected chi connectivity index (χ1v) is 9.45. The summed E-state index contributed by atoms with van der Waals surface area (Å²) >= 11 is 0. The number of aryl methyl sites for hydroxylation is 1. The van der Waals surface area contributed by atoms with Crippen molar-refractivity contribution in [3.8, 4) is 5.75 Å². The van der Waals surface area contributed by atoms with E-state index in [1.54, 1.807) is 43.7 Å². The fourth-order valence-electron chi connectivity index (χ4n) is 2.99. The topological polar surface area (TPSA) is 81.9 Å². The van der Waals surface area contributed by atoms with E-state index in [9.17, 15) is 9.59 Å². The Hall–Kier alpha value is -3.35. The van der Waals surface area contributed by atoms with Gasteiger partial charge in [-0.15, -0.1) is 0 Å². The van der Waals surface area contributed by atoms with Crippen molar-refractivity contribution >= 4 is 17.5 Å². The maximum absolute atomic E-state index is 12.8. The number of ether oxygens (including phenoxy) is 2. The normalized spacial score (nSPS) is 12.0. The summed E-state index contributed by atoms with van der Waals surface area (Å²) in [6.07, 6.45) is 3.32. The standard InChI is InChI=1S/C22H25N3O4/c1-14(2)29-21(26)12-18(16-5-7-17(28-4)8-6-16)24-22(27)19-13-25-10-9-15(3)11-20(25)23-19/h5-11,13-14,18H,12H2,1-4H3,(H,24,27)/t18-/m0/s1. The van der Waals surface area contributed by atoms with Crippen molar-refractivity contribution in [2.24, 2.45) is 0 Å². The number of esters is 1. The molecule has 1 atom stereocenters. The maximum atomic E-state index is 12.8. The molecule has 0 aliphatic carbocycles. The molecule has 0 bridgehead atoms. The Morgan fingerprint density at radius 2 is 1.90 bits per heavy atom. The molecule has 0 spiro atoms. The van der Waals surface area contributed by atoms with E-state index in [-0.39, 0.29) is 30.1 Å². The predicted octanol–water partition coefficient (Wildman–Crippen LogP) is 3.46. The number of rotatable bonds is 7. The second-order valence-corrected chi connectivity index (χ2v) is 7.14. The van der Waals surface area contributed by atoms with Gasteiger partial charge in [-0.25, -0.2) is 4.98 Å². The Morgan fingerprint density at radius 1 is 1.17 bits per heavy atom. The molecule has 1 amide bonds. The van der Waals surface area contributed by atoms with Crippen LogP contribution in [0.4, 0.5) is 0 Å². The van der Waals surface area contributed by atoms with E-state index in [1.807, 2.05) is 37.4 Å². The third-order valence-corrected chi connectivity index (χ3v) is 4.41. The first-order chi connectivity index (χ1) is 13.9. The monoisotopic (exact) mass is 395 g/mol. The van der Waals surface area contributed by atoms with Crippen LogP contribution in [0.3, 0.4) is 0 Å². The first kappa shape index (κ1) is 20.4. The Bertz CT molecular complexity index is 1010. The molecule has 0 aliphatic rings. The number of methoxy groups -OCH3 is 1. The molecule has 2 heterocycles. The van der Waals surface area contributed by atoms with E-state index in [2.05, 4.69) is 10.3 Å². The maximum Gasteiger partial charge on any atom is 0.308 e. The molecule has 0 fully saturated rings. The fourth-order valence-corrected chi connectivity index (χ4v) is 2.99. The number of aromatic nitrogens is 2. The van der Waals surface area contributed by atoms with Crippen LogP contribution in [-0.4, -0.2) is 34.5 Å². The van der Waals surface area contributed by atoms with Crippen molar-refractivity contribution in [1.29, 1.82) is 0 Å². The van der Waals surface area contributed by atoms with Crippen LogP contribution in [0.1, 0.15) is 47.9 Å². The minimum Gasteiger partial charge on any atom is -0.497 e. The molecule has 0 radical (unpaired) electrons. The Balaban J connectivity index is 1.83. The van der Waals surface area contributed by atoms with E-state index in [4.69, 9.17) is 9.47 Å². The third kappa shape index (κ3) is 5.13. The largest absolute Gasteiger partial charge is 0.497 e. The lowest BCUT2D eigenvalue weighted by Crippen LogP contribution is -2.31. The second kappa shape index (κ2) is 8.77. The van der Waals surface area contributed by atoms with Gasteiger partial charge in [-0.05, 0) is 56.2 Å². The molecule has 3 aromatic rings. The van der Waals surface area contributed by atoms with Crippen LogP contribution in [0, 0.1) is 6.92 Å². The summed E-state index contributed by atoms with van der Waals surface area (Å²) in [5, 5.41) is 2.91. The number of amides is 1. The lowest BCUT2D eigenvalue weighted by atomic mass is 10.0. The van der Waals surface area contributed by atoms with E-state index < -0.39 is 6.04 Å². The summed E-state index contributed by atoms with van der Waals surface area (Å²) in [6.45, 7) is 5.55. The number of carbonyl (C=O) groups is 2. The minimum atomic E-state index is -0.550. The molecule has 1 N–H and O–H groups in total. The lowest BCUT2D eigenvalue weighted by Gasteiger charge is -2.19. The molecule has 0 saturated heterocycles. The van der Waals surface area contributed by atoms with Crippen molar-refractivity contribution in [2.75, 3.05) is 7.11 Å². The van der Waals surface area contributed by atoms with Crippen LogP contribution in [0.15, 0.2) is 48.8 Å². The number of carbonyl (C=O) groups excluding carboxylic acids is 2. The van der Waals surface area contributed by atoms with Gasteiger partial charge in [0.15, 0.2) is 0 Å². The zero-order valence-corrected chi connectivity index (χ0v) is 17.0. The van der Waals surface area contributed by atoms with Crippen LogP contribution in [0.5, 0.6) is 5.75 Å². The smallest absolute Gasteiger partial charge is 0.308 e. The van der Waals surface area contributed by atoms with Gasteiger partial charge in [-0.3, -0.25) is 9.59 Å². The number of hydrogen-bond acceptors (Lipinski definition) is 5. The molecular weight excluding hydrogens is 370 g/mol. The van der Waals surface area contributed by atoms with Gasteiger partial charge in [0.2, 0.25) is 0 Å². The van der Waals surface area contributed by atoms with Gasteiger partial charge >= 0.3 is 5.97 Å². The van der Waals surface area contributed by atoms with Gasteiger partial charge in [0.25, 0.3) is 5.91 Å². The van der Waals surface area contributed by atoms with Crippen molar-refractivity contribution < 1.29 is 19.1 Å². The molecule has 7 nitrogen and oxygen atoms in total. The molecule has 3 rings (SSSR count). The zero-order chi connectivity index (χ0) is 21.0. The van der Waals surface area contributed by atoms with Gasteiger partial charge in [0, 0.05) is 12.4 Å². The van der Waals surface area contributed by atoms with E-state index in [0.717, 1.165) is 11.1 Å². The summed E-state index contributed by atoms with van der Waals surface area (Å²) in [7, 11) is 1.58. The van der Waals surface area contributed by atoms with Crippen LogP contribution < -0.4 is 10.1 Å². The number of nitrogens with zero attached hydrogens (tertiary/aromatic N) is 2. The van der Waals surface area contributed by atoms with Gasteiger partial charge in [0.05, 0.1) is 25.7 Å². The molecule has 0 saturated carbocycles. The van der Waals surface area contributed by atoms with Crippen molar-refractivity contribution in [3.05, 3.63) is 65.6 Å². The number of benzene rings is 1. The number of fused-ring (bicyclic) bond motifs is 1. The summed E-state index contributed by atoms with van der Waals surface area (Å²) in [4.78, 5) is 29.5. The summed E-state index contributed by atoms with van der Waals surface area (Å²) in [6, 6.07) is 10.5. The highest BCUT2D eigenvalue weighted by Crippen LogP contribution is 2.22. The van der Waals surface area contributed by atoms with Crippen LogP contribution >= 0.6 is 0 Å². The minimum absolute atomic E-state index is 0.0166. The molecule has 1 aromatic carbocycles. The molecule has 152 valence electrons. The summed E-state index contributed by atoms with van der Waals surface area (Å²) < 4.78 is 12.2. The third-order valence-electron chi connectivity index (χ3n) is 4.41. The quantitative estimate of drug-likeness (QED) is 0.620. The first-order valence-electron chi connectivity index (χ1n) is 9.45. The SMILES string of the molecule is COc1ccc([C@H](CC(=O)OC(C)C)NC(=O)c2cn3ccc(C)cc3n2)cc1. The van der Waals surface area contributed by atoms with Crippen LogP contribution in [0.25, 0.3) is 5.65 Å². The van der Waals surface area contributed by atoms with Crippen molar-refractivity contribution in [3.63, 3.8) is 0 Å². The zero-order valence-electron chi connectivity index (χ0n) is 17.0. The average molecular weight is 395 g/mol. The van der Waals surface area contributed by atoms with Gasteiger partial charge in [0.1, 0.15) is 17.1 Å². The number of nitrogens with one attached hydrogen (secondary N) is 1. The summed E-state index contributed by atoms with van der Waals surface area (Å²) in [5.74, 6) is -0.0458. The van der Waals surface area contributed by atoms with E-state index >= 15 is 0 Å².